The Hall–Kier alpha value is -1.18. The Balaban J connectivity index is 2.17. The van der Waals surface area contributed by atoms with Crippen LogP contribution >= 0.6 is 0 Å². The number of aromatic nitrogens is 1. The van der Waals surface area contributed by atoms with E-state index in [2.05, 4.69) is 17.2 Å². The van der Waals surface area contributed by atoms with Gasteiger partial charge in [-0.1, -0.05) is 0 Å². The SMILES string of the molecule is CC1OCCC1(C)Nc1ccc(S(=O)(=O)N(C)C)cn1. The highest BCUT2D eigenvalue weighted by atomic mass is 32.2. The van der Waals surface area contributed by atoms with Crippen molar-refractivity contribution in [2.75, 3.05) is 26.0 Å². The summed E-state index contributed by atoms with van der Waals surface area (Å²) in [7, 11) is -0.428. The van der Waals surface area contributed by atoms with Gasteiger partial charge in [-0.15, -0.1) is 0 Å². The Morgan fingerprint density at radius 1 is 1.45 bits per heavy atom. The molecule has 0 radical (unpaired) electrons. The van der Waals surface area contributed by atoms with Crippen molar-refractivity contribution in [1.29, 1.82) is 0 Å². The van der Waals surface area contributed by atoms with Crippen molar-refractivity contribution >= 4 is 15.8 Å². The average Bonchev–Trinajstić information content (AvgIpc) is 2.70. The van der Waals surface area contributed by atoms with Gasteiger partial charge in [-0.3, -0.25) is 0 Å². The van der Waals surface area contributed by atoms with E-state index in [1.54, 1.807) is 12.1 Å². The Kier molecular flexibility index (Phi) is 4.04. The molecule has 0 aromatic carbocycles. The molecule has 1 aromatic rings. The molecule has 0 spiro atoms. The van der Waals surface area contributed by atoms with Gasteiger partial charge in [-0.25, -0.2) is 17.7 Å². The molecule has 1 aliphatic heterocycles. The predicted octanol–water partition coefficient (Wildman–Crippen LogP) is 1.31. The van der Waals surface area contributed by atoms with Crippen molar-refractivity contribution < 1.29 is 13.2 Å². The highest BCUT2D eigenvalue weighted by Crippen LogP contribution is 2.29. The lowest BCUT2D eigenvalue weighted by molar-refractivity contribution is 0.105. The van der Waals surface area contributed by atoms with E-state index in [9.17, 15) is 8.42 Å². The van der Waals surface area contributed by atoms with Crippen LogP contribution in [0.4, 0.5) is 5.82 Å². The molecule has 2 heterocycles. The molecule has 1 N–H and O–H groups in total. The van der Waals surface area contributed by atoms with Gasteiger partial charge in [-0.05, 0) is 32.4 Å². The smallest absolute Gasteiger partial charge is 0.244 e. The third kappa shape index (κ3) is 2.79. The normalized spacial score (nSPS) is 26.9. The van der Waals surface area contributed by atoms with E-state index in [0.29, 0.717) is 5.82 Å². The summed E-state index contributed by atoms with van der Waals surface area (Å²) in [5, 5.41) is 3.33. The molecule has 1 fully saturated rings. The first-order valence-corrected chi connectivity index (χ1v) is 7.98. The predicted molar refractivity (Wildman–Crippen MR) is 77.2 cm³/mol. The molecule has 1 aromatic heterocycles. The van der Waals surface area contributed by atoms with E-state index in [4.69, 9.17) is 4.74 Å². The van der Waals surface area contributed by atoms with Gasteiger partial charge in [0.05, 0.1) is 11.6 Å². The molecule has 2 unspecified atom stereocenters. The summed E-state index contributed by atoms with van der Waals surface area (Å²) in [6.07, 6.45) is 2.37. The van der Waals surface area contributed by atoms with Crippen LogP contribution in [0, 0.1) is 0 Å². The Bertz CT molecular complexity index is 571. The topological polar surface area (TPSA) is 71.5 Å². The third-order valence-corrected chi connectivity index (χ3v) is 5.61. The number of nitrogens with zero attached hydrogens (tertiary/aromatic N) is 2. The largest absolute Gasteiger partial charge is 0.376 e. The zero-order valence-corrected chi connectivity index (χ0v) is 13.1. The molecule has 0 amide bonds. The molecule has 0 bridgehead atoms. The third-order valence-electron chi connectivity index (χ3n) is 3.82. The number of pyridine rings is 1. The first-order chi connectivity index (χ1) is 9.25. The minimum Gasteiger partial charge on any atom is -0.376 e. The fraction of sp³-hybridized carbons (Fsp3) is 0.615. The summed E-state index contributed by atoms with van der Waals surface area (Å²) in [5.41, 5.74) is -0.172. The van der Waals surface area contributed by atoms with Gasteiger partial charge in [-0.2, -0.15) is 0 Å². The van der Waals surface area contributed by atoms with Gasteiger partial charge in [0, 0.05) is 26.9 Å². The second-order valence-corrected chi connectivity index (χ2v) is 7.62. The maximum Gasteiger partial charge on any atom is 0.244 e. The van der Waals surface area contributed by atoms with Crippen molar-refractivity contribution in [3.8, 4) is 0 Å². The maximum absolute atomic E-state index is 11.9. The zero-order valence-electron chi connectivity index (χ0n) is 12.3. The van der Waals surface area contributed by atoms with Crippen molar-refractivity contribution in [2.45, 2.75) is 36.8 Å². The quantitative estimate of drug-likeness (QED) is 0.907. The minimum atomic E-state index is -3.43. The first kappa shape index (κ1) is 15.2. The molecule has 0 saturated carbocycles. The van der Waals surface area contributed by atoms with E-state index < -0.39 is 10.0 Å². The molecule has 112 valence electrons. The van der Waals surface area contributed by atoms with Crippen molar-refractivity contribution in [1.82, 2.24) is 9.29 Å². The summed E-state index contributed by atoms with van der Waals surface area (Å²) in [4.78, 5) is 4.39. The lowest BCUT2D eigenvalue weighted by atomic mass is 9.95. The highest BCUT2D eigenvalue weighted by Gasteiger charge is 2.37. The van der Waals surface area contributed by atoms with Crippen molar-refractivity contribution in [2.24, 2.45) is 0 Å². The van der Waals surface area contributed by atoms with Gasteiger partial charge in [0.1, 0.15) is 10.7 Å². The summed E-state index contributed by atoms with van der Waals surface area (Å²) in [6.45, 7) is 4.82. The second-order valence-electron chi connectivity index (χ2n) is 5.47. The Labute approximate surface area is 120 Å². The van der Waals surface area contributed by atoms with E-state index in [0.717, 1.165) is 13.0 Å². The molecule has 2 rings (SSSR count). The van der Waals surface area contributed by atoms with Crippen molar-refractivity contribution in [3.63, 3.8) is 0 Å². The van der Waals surface area contributed by atoms with Crippen LogP contribution in [0.25, 0.3) is 0 Å². The highest BCUT2D eigenvalue weighted by molar-refractivity contribution is 7.89. The van der Waals surface area contributed by atoms with Gasteiger partial charge < -0.3 is 10.1 Å². The Morgan fingerprint density at radius 3 is 2.60 bits per heavy atom. The number of nitrogens with one attached hydrogen (secondary N) is 1. The molecule has 0 aliphatic carbocycles. The second kappa shape index (κ2) is 5.31. The molecule has 20 heavy (non-hydrogen) atoms. The number of sulfonamides is 1. The zero-order chi connectivity index (χ0) is 15.0. The number of hydrogen-bond donors (Lipinski definition) is 1. The summed E-state index contributed by atoms with van der Waals surface area (Å²) < 4.78 is 30.6. The van der Waals surface area contributed by atoms with E-state index in [1.165, 1.54) is 24.6 Å². The molecule has 2 atom stereocenters. The van der Waals surface area contributed by atoms with Crippen LogP contribution in [0.5, 0.6) is 0 Å². The minimum absolute atomic E-state index is 0.0921. The van der Waals surface area contributed by atoms with Crippen LogP contribution < -0.4 is 5.32 Å². The van der Waals surface area contributed by atoms with Gasteiger partial charge in [0.25, 0.3) is 0 Å². The number of hydrogen-bond acceptors (Lipinski definition) is 5. The van der Waals surface area contributed by atoms with Crippen LogP contribution in [-0.2, 0) is 14.8 Å². The van der Waals surface area contributed by atoms with E-state index in [-0.39, 0.29) is 16.5 Å². The summed E-state index contributed by atoms with van der Waals surface area (Å²) in [5.74, 6) is 0.655. The number of ether oxygens (including phenoxy) is 1. The molecule has 7 heteroatoms. The van der Waals surface area contributed by atoms with Crippen LogP contribution in [0.15, 0.2) is 23.2 Å². The van der Waals surface area contributed by atoms with Gasteiger partial charge >= 0.3 is 0 Å². The molecule has 1 aliphatic rings. The summed E-state index contributed by atoms with van der Waals surface area (Å²) in [6, 6.07) is 3.25. The van der Waals surface area contributed by atoms with Crippen LogP contribution in [0.1, 0.15) is 20.3 Å². The molecule has 1 saturated heterocycles. The first-order valence-electron chi connectivity index (χ1n) is 6.54. The van der Waals surface area contributed by atoms with E-state index >= 15 is 0 Å². The lowest BCUT2D eigenvalue weighted by Gasteiger charge is -2.29. The van der Waals surface area contributed by atoms with Crippen LogP contribution in [0.3, 0.4) is 0 Å². The Morgan fingerprint density at radius 2 is 2.15 bits per heavy atom. The lowest BCUT2D eigenvalue weighted by Crippen LogP contribution is -2.41. The molecular weight excluding hydrogens is 278 g/mol. The molecule has 6 nitrogen and oxygen atoms in total. The number of rotatable bonds is 4. The number of anilines is 1. The van der Waals surface area contributed by atoms with Gasteiger partial charge in [0.15, 0.2) is 0 Å². The van der Waals surface area contributed by atoms with Crippen LogP contribution in [0.2, 0.25) is 0 Å². The van der Waals surface area contributed by atoms with Crippen LogP contribution in [-0.4, -0.2) is 50.1 Å². The standard InChI is InChI=1S/C13H21N3O3S/c1-10-13(2,7-8-19-10)15-12-6-5-11(9-14-12)20(17,18)16(3)4/h5-6,9-10H,7-8H2,1-4H3,(H,14,15). The van der Waals surface area contributed by atoms with Gasteiger partial charge in [0.2, 0.25) is 10.0 Å². The monoisotopic (exact) mass is 299 g/mol. The van der Waals surface area contributed by atoms with E-state index in [1.807, 2.05) is 6.92 Å². The fourth-order valence-corrected chi connectivity index (χ4v) is 2.96. The van der Waals surface area contributed by atoms with Crippen molar-refractivity contribution in [3.05, 3.63) is 18.3 Å². The maximum atomic E-state index is 11.9. The fourth-order valence-electron chi connectivity index (χ4n) is 2.11. The average molecular weight is 299 g/mol. The molecular formula is C13H21N3O3S. The summed E-state index contributed by atoms with van der Waals surface area (Å²) >= 11 is 0.